The van der Waals surface area contributed by atoms with Crippen molar-refractivity contribution in [3.05, 3.63) is 118 Å². The van der Waals surface area contributed by atoms with Crippen molar-refractivity contribution in [2.24, 2.45) is 11.3 Å². The zero-order valence-corrected chi connectivity index (χ0v) is 35.5. The van der Waals surface area contributed by atoms with Gasteiger partial charge in [0.25, 0.3) is 5.91 Å². The molecule has 10 nitrogen and oxygen atoms in total. The summed E-state index contributed by atoms with van der Waals surface area (Å²) in [6.45, 7) is 5.80. The van der Waals surface area contributed by atoms with E-state index < -0.39 is 6.04 Å². The molecule has 11 heteroatoms. The Hall–Kier alpha value is -5.42. The van der Waals surface area contributed by atoms with Gasteiger partial charge >= 0.3 is 0 Å². The third kappa shape index (κ3) is 6.64. The maximum absolute atomic E-state index is 16.5. The minimum absolute atomic E-state index is 0.0652. The van der Waals surface area contributed by atoms with Crippen LogP contribution in [-0.2, 0) is 28.0 Å². The Balaban J connectivity index is 0.713. The highest BCUT2D eigenvalue weighted by Crippen LogP contribution is 2.55. The lowest BCUT2D eigenvalue weighted by Crippen LogP contribution is -2.52. The van der Waals surface area contributed by atoms with E-state index in [2.05, 4.69) is 45.4 Å². The summed E-state index contributed by atoms with van der Waals surface area (Å²) in [6.07, 6.45) is 8.94. The molecule has 0 aromatic heterocycles. The molecule has 3 saturated heterocycles. The molecule has 2 N–H and O–H groups in total. The normalized spacial score (nSPS) is 25.3. The van der Waals surface area contributed by atoms with Crippen LogP contribution in [0.2, 0.25) is 0 Å². The molecule has 0 bridgehead atoms. The first-order valence-electron chi connectivity index (χ1n) is 22.8. The van der Waals surface area contributed by atoms with Gasteiger partial charge in [-0.25, -0.2) is 4.39 Å². The molecule has 1 saturated carbocycles. The van der Waals surface area contributed by atoms with Gasteiger partial charge in [0.15, 0.2) is 0 Å². The number of fused-ring (bicyclic) bond motifs is 4. The van der Waals surface area contributed by atoms with Gasteiger partial charge in [0.2, 0.25) is 11.8 Å². The molecule has 2 spiro atoms. The third-order valence-electron chi connectivity index (χ3n) is 16.1. The minimum atomic E-state index is -0.624. The lowest BCUT2D eigenvalue weighted by Gasteiger charge is -2.54. The molecule has 5 aliphatic heterocycles. The zero-order valence-electron chi connectivity index (χ0n) is 35.5. The summed E-state index contributed by atoms with van der Waals surface area (Å²) in [5.41, 5.74) is 7.96. The van der Waals surface area contributed by atoms with E-state index in [4.69, 9.17) is 9.47 Å². The molecule has 62 heavy (non-hydrogen) atoms. The molecule has 3 amide bonds. The molecular formula is C51H55FN4O6. The standard InChI is InChI=1S/C51H55FN4O6/c1-61-44-25-43(41(52)23-39(44)47-36(32-5-3-2-4-6-32)9-7-33-21-35(57)8-10-37(33)47)55-19-13-50(14-20-55)26-31(27-50)28-54-17-15-51(16-18-54)30-62-45-24-38-34(22-40(45)51)29-56(49(38)60)42-11-12-46(58)53-48(42)59/h2-6,8,10,21-25,31,36,42,47,57H,7,9,11-20,26-30H2,1H3,(H,53,58,59)/t36-,42+,47+/m1/s1. The monoisotopic (exact) mass is 838 g/mol. The number of methoxy groups -OCH3 is 1. The summed E-state index contributed by atoms with van der Waals surface area (Å²) in [4.78, 5) is 44.2. The van der Waals surface area contributed by atoms with Crippen molar-refractivity contribution in [3.63, 3.8) is 0 Å². The second-order valence-electron chi connectivity index (χ2n) is 19.5. The molecule has 2 aliphatic carbocycles. The van der Waals surface area contributed by atoms with E-state index in [0.29, 0.717) is 47.9 Å². The van der Waals surface area contributed by atoms with Crippen LogP contribution in [0.4, 0.5) is 10.1 Å². The van der Waals surface area contributed by atoms with E-state index in [0.717, 1.165) is 99.3 Å². The molecule has 5 heterocycles. The van der Waals surface area contributed by atoms with Crippen molar-refractivity contribution in [2.45, 2.75) is 94.0 Å². The van der Waals surface area contributed by atoms with Crippen molar-refractivity contribution in [1.29, 1.82) is 0 Å². The number of imide groups is 1. The highest BCUT2D eigenvalue weighted by Gasteiger charge is 2.49. The van der Waals surface area contributed by atoms with Crippen molar-refractivity contribution in [2.75, 3.05) is 51.3 Å². The summed E-state index contributed by atoms with van der Waals surface area (Å²) in [5, 5.41) is 12.7. The fourth-order valence-corrected chi connectivity index (χ4v) is 12.8. The van der Waals surface area contributed by atoms with Crippen LogP contribution >= 0.6 is 0 Å². The van der Waals surface area contributed by atoms with Gasteiger partial charge in [-0.15, -0.1) is 0 Å². The van der Waals surface area contributed by atoms with Crippen LogP contribution in [0.25, 0.3) is 0 Å². The molecule has 0 radical (unpaired) electrons. The average Bonchev–Trinajstić information content (AvgIpc) is 3.78. The Morgan fingerprint density at radius 3 is 2.42 bits per heavy atom. The Bertz CT molecular complexity index is 2450. The van der Waals surface area contributed by atoms with Crippen molar-refractivity contribution < 1.29 is 33.4 Å². The van der Waals surface area contributed by atoms with Gasteiger partial charge in [-0.2, -0.15) is 0 Å². The summed E-state index contributed by atoms with van der Waals surface area (Å²) in [7, 11) is 1.69. The van der Waals surface area contributed by atoms with Crippen LogP contribution in [0.3, 0.4) is 0 Å². The molecule has 11 rings (SSSR count). The van der Waals surface area contributed by atoms with Crippen LogP contribution < -0.4 is 19.7 Å². The summed E-state index contributed by atoms with van der Waals surface area (Å²) < 4.78 is 28.8. The maximum atomic E-state index is 16.5. The van der Waals surface area contributed by atoms with Gasteiger partial charge < -0.3 is 29.3 Å². The second kappa shape index (κ2) is 15.1. The van der Waals surface area contributed by atoms with Crippen molar-refractivity contribution in [3.8, 4) is 17.2 Å². The van der Waals surface area contributed by atoms with Gasteiger partial charge in [-0.3, -0.25) is 19.7 Å². The number of carbonyl (C=O) groups is 3. The average molecular weight is 839 g/mol. The first-order valence-corrected chi connectivity index (χ1v) is 22.8. The number of phenols is 1. The number of phenolic OH excluding ortho intramolecular Hbond substituents is 1. The van der Waals surface area contributed by atoms with Crippen molar-refractivity contribution >= 4 is 23.4 Å². The number of halogens is 1. The Kier molecular flexibility index (Phi) is 9.63. The van der Waals surface area contributed by atoms with Crippen molar-refractivity contribution in [1.82, 2.24) is 15.1 Å². The number of likely N-dealkylation sites (tertiary alicyclic amines) is 1. The number of rotatable bonds is 7. The summed E-state index contributed by atoms with van der Waals surface area (Å²) >= 11 is 0. The molecule has 7 aliphatic rings. The van der Waals surface area contributed by atoms with E-state index in [-0.39, 0.29) is 53.0 Å². The number of nitrogens with zero attached hydrogens (tertiary/aromatic N) is 3. The number of benzene rings is 4. The van der Waals surface area contributed by atoms with E-state index in [9.17, 15) is 19.5 Å². The number of nitrogens with one attached hydrogen (secondary N) is 1. The molecule has 3 atom stereocenters. The third-order valence-corrected chi connectivity index (χ3v) is 16.1. The summed E-state index contributed by atoms with van der Waals surface area (Å²) in [5.74, 6) is 1.46. The SMILES string of the molecule is COc1cc(N2CCC3(CC2)CC(CN2CCC4(CC2)COc2cc5c(cc24)CN([C@H]2CCC(=O)NC2=O)C5=O)C3)c(F)cc1[C@@H]1c2ccc(O)cc2CC[C@@H]1c1ccccc1. The number of amides is 3. The molecular weight excluding hydrogens is 784 g/mol. The van der Waals surface area contributed by atoms with Crippen LogP contribution in [0.15, 0.2) is 72.8 Å². The van der Waals surface area contributed by atoms with E-state index in [1.807, 2.05) is 30.3 Å². The quantitative estimate of drug-likeness (QED) is 0.184. The van der Waals surface area contributed by atoms with Crippen LogP contribution in [0, 0.1) is 17.2 Å². The molecule has 4 fully saturated rings. The number of aromatic hydroxyl groups is 1. The molecule has 0 unspecified atom stereocenters. The molecule has 322 valence electrons. The van der Waals surface area contributed by atoms with E-state index in [1.54, 1.807) is 24.1 Å². The number of ether oxygens (including phenoxy) is 2. The number of piperidine rings is 3. The van der Waals surface area contributed by atoms with Crippen LogP contribution in [0.1, 0.15) is 113 Å². The van der Waals surface area contributed by atoms with Gasteiger partial charge in [0.05, 0.1) is 19.4 Å². The molecule has 4 aromatic rings. The Morgan fingerprint density at radius 2 is 1.66 bits per heavy atom. The Labute approximate surface area is 362 Å². The lowest BCUT2D eigenvalue weighted by atomic mass is 9.57. The number of aryl methyl sites for hydroxylation is 1. The summed E-state index contributed by atoms with van der Waals surface area (Å²) in [6, 6.07) is 23.2. The lowest BCUT2D eigenvalue weighted by molar-refractivity contribution is -0.136. The highest BCUT2D eigenvalue weighted by molar-refractivity contribution is 6.05. The van der Waals surface area contributed by atoms with Gasteiger partial charge in [0, 0.05) is 66.7 Å². The van der Waals surface area contributed by atoms with Crippen LogP contribution in [0.5, 0.6) is 17.2 Å². The minimum Gasteiger partial charge on any atom is -0.508 e. The van der Waals surface area contributed by atoms with E-state index in [1.165, 1.54) is 24.0 Å². The maximum Gasteiger partial charge on any atom is 0.255 e. The zero-order chi connectivity index (χ0) is 42.3. The highest BCUT2D eigenvalue weighted by atomic mass is 19.1. The topological polar surface area (TPSA) is 112 Å². The van der Waals surface area contributed by atoms with Gasteiger partial charge in [-0.1, -0.05) is 36.4 Å². The predicted molar refractivity (Wildman–Crippen MR) is 232 cm³/mol. The van der Waals surface area contributed by atoms with Crippen LogP contribution in [-0.4, -0.2) is 85.1 Å². The number of anilines is 1. The largest absolute Gasteiger partial charge is 0.508 e. The smallest absolute Gasteiger partial charge is 0.255 e. The molecule has 4 aromatic carbocycles. The first kappa shape index (κ1) is 39.4. The first-order chi connectivity index (χ1) is 30.1. The second-order valence-corrected chi connectivity index (χ2v) is 19.5. The van der Waals surface area contributed by atoms with Gasteiger partial charge in [0.1, 0.15) is 29.1 Å². The van der Waals surface area contributed by atoms with E-state index >= 15 is 4.39 Å². The Morgan fingerprint density at radius 1 is 0.871 bits per heavy atom. The van der Waals surface area contributed by atoms with Gasteiger partial charge in [-0.05, 0) is 141 Å². The number of carbonyl (C=O) groups excluding carboxylic acids is 3. The predicted octanol–water partition coefficient (Wildman–Crippen LogP) is 7.59. The fraction of sp³-hybridized carbons (Fsp3) is 0.471. The number of hydrogen-bond acceptors (Lipinski definition) is 8. The number of hydrogen-bond donors (Lipinski definition) is 2. The fourth-order valence-electron chi connectivity index (χ4n) is 12.8.